The molecule has 2 aromatic rings. The minimum Gasteiger partial charge on any atom is -0.351 e. The molecule has 1 aromatic carbocycles. The highest BCUT2D eigenvalue weighted by Gasteiger charge is 2.24. The lowest BCUT2D eigenvalue weighted by Crippen LogP contribution is -2.46. The number of rotatable bonds is 7. The van der Waals surface area contributed by atoms with Gasteiger partial charge in [0.2, 0.25) is 0 Å². The fourth-order valence-electron chi connectivity index (χ4n) is 3.38. The molecule has 1 saturated heterocycles. The second-order valence-electron chi connectivity index (χ2n) is 6.84. The van der Waals surface area contributed by atoms with E-state index < -0.39 is 0 Å². The van der Waals surface area contributed by atoms with Crippen molar-refractivity contribution in [3.63, 3.8) is 0 Å². The quantitative estimate of drug-likeness (QED) is 0.775. The van der Waals surface area contributed by atoms with E-state index in [4.69, 9.17) is 4.52 Å². The van der Waals surface area contributed by atoms with Gasteiger partial charge < -0.3 is 14.7 Å². The molecule has 2 heterocycles. The van der Waals surface area contributed by atoms with E-state index in [1.807, 2.05) is 0 Å². The van der Waals surface area contributed by atoms with Gasteiger partial charge in [-0.1, -0.05) is 35.5 Å². The fourth-order valence-corrected chi connectivity index (χ4v) is 3.38. The van der Waals surface area contributed by atoms with Gasteiger partial charge in [-0.05, 0) is 38.4 Å². The molecule has 1 amide bonds. The van der Waals surface area contributed by atoms with Crippen LogP contribution in [0.4, 0.5) is 0 Å². The Kier molecular flexibility index (Phi) is 8.22. The Morgan fingerprint density at radius 1 is 1.37 bits per heavy atom. The monoisotopic (exact) mass is 393 g/mol. The van der Waals surface area contributed by atoms with Crippen LogP contribution in [0.25, 0.3) is 0 Å². The predicted octanol–water partition coefficient (Wildman–Crippen LogP) is 1.99. The molecule has 0 spiro atoms. The third-order valence-electron chi connectivity index (χ3n) is 4.95. The lowest BCUT2D eigenvalue weighted by Gasteiger charge is -2.37. The van der Waals surface area contributed by atoms with Crippen molar-refractivity contribution in [2.24, 2.45) is 0 Å². The molecule has 1 aliphatic heterocycles. The summed E-state index contributed by atoms with van der Waals surface area (Å²) < 4.78 is 5.01. The predicted molar refractivity (Wildman–Crippen MR) is 106 cm³/mol. The van der Waals surface area contributed by atoms with Crippen molar-refractivity contribution in [1.82, 2.24) is 25.3 Å². The first kappa shape index (κ1) is 21.3. The second kappa shape index (κ2) is 10.4. The molecule has 7 nitrogen and oxygen atoms in total. The van der Waals surface area contributed by atoms with Crippen LogP contribution in [0.5, 0.6) is 0 Å². The highest BCUT2D eigenvalue weighted by molar-refractivity contribution is 5.89. The SMILES string of the molecule is CNC(=O)c1nc(CN2CCCC(N(C)CCc3ccccc3)C2)no1.Cl. The van der Waals surface area contributed by atoms with E-state index in [9.17, 15) is 4.79 Å². The number of halogens is 1. The van der Waals surface area contributed by atoms with E-state index in [0.717, 1.165) is 32.5 Å². The van der Waals surface area contributed by atoms with Crippen molar-refractivity contribution in [2.45, 2.75) is 31.8 Å². The Hall–Kier alpha value is -1.96. The van der Waals surface area contributed by atoms with Gasteiger partial charge >= 0.3 is 11.8 Å². The third-order valence-corrected chi connectivity index (χ3v) is 4.95. The molecule has 1 fully saturated rings. The van der Waals surface area contributed by atoms with Crippen LogP contribution in [0, 0.1) is 0 Å². The van der Waals surface area contributed by atoms with E-state index in [1.165, 1.54) is 12.0 Å². The summed E-state index contributed by atoms with van der Waals surface area (Å²) in [5.41, 5.74) is 1.38. The maximum atomic E-state index is 11.5. The summed E-state index contributed by atoms with van der Waals surface area (Å²) in [4.78, 5) is 20.5. The van der Waals surface area contributed by atoms with Crippen LogP contribution < -0.4 is 5.32 Å². The van der Waals surface area contributed by atoms with Crippen LogP contribution in [-0.4, -0.2) is 65.6 Å². The largest absolute Gasteiger partial charge is 0.351 e. The number of hydrogen-bond acceptors (Lipinski definition) is 6. The van der Waals surface area contributed by atoms with Gasteiger partial charge in [0, 0.05) is 26.2 Å². The van der Waals surface area contributed by atoms with E-state index in [0.29, 0.717) is 18.4 Å². The smallest absolute Gasteiger partial charge is 0.315 e. The number of likely N-dealkylation sites (N-methyl/N-ethyl adjacent to an activating group) is 1. The Bertz CT molecular complexity index is 709. The van der Waals surface area contributed by atoms with E-state index in [1.54, 1.807) is 7.05 Å². The molecule has 1 aromatic heterocycles. The number of carbonyl (C=O) groups is 1. The third kappa shape index (κ3) is 6.02. The number of amides is 1. The standard InChI is InChI=1S/C19H27N5O2.ClH/c1-20-18(25)19-21-17(22-26-19)14-24-11-6-9-16(13-24)23(2)12-10-15-7-4-3-5-8-15;/h3-5,7-8,16H,6,9-14H2,1-2H3,(H,20,25);1H. The Morgan fingerprint density at radius 2 is 2.15 bits per heavy atom. The maximum Gasteiger partial charge on any atom is 0.315 e. The van der Waals surface area contributed by atoms with Crippen molar-refractivity contribution in [3.05, 3.63) is 47.6 Å². The first-order chi connectivity index (χ1) is 12.7. The number of nitrogens with one attached hydrogen (secondary N) is 1. The van der Waals surface area contributed by atoms with Crippen LogP contribution >= 0.6 is 12.4 Å². The minimum absolute atomic E-state index is 0. The average Bonchev–Trinajstić information content (AvgIpc) is 3.15. The second-order valence-corrected chi connectivity index (χ2v) is 6.84. The first-order valence-electron chi connectivity index (χ1n) is 9.17. The Balaban J connectivity index is 0.00000261. The molecule has 0 radical (unpaired) electrons. The van der Waals surface area contributed by atoms with Crippen LogP contribution in [-0.2, 0) is 13.0 Å². The van der Waals surface area contributed by atoms with E-state index in [2.05, 4.69) is 62.6 Å². The summed E-state index contributed by atoms with van der Waals surface area (Å²) in [5.74, 6) is 0.244. The number of piperidine rings is 1. The van der Waals surface area contributed by atoms with Crippen LogP contribution in [0.1, 0.15) is 34.9 Å². The highest BCUT2D eigenvalue weighted by atomic mass is 35.5. The topological polar surface area (TPSA) is 74.5 Å². The lowest BCUT2D eigenvalue weighted by atomic mass is 10.0. The first-order valence-corrected chi connectivity index (χ1v) is 9.17. The molecule has 0 aliphatic carbocycles. The van der Waals surface area contributed by atoms with Crippen molar-refractivity contribution in [2.75, 3.05) is 33.7 Å². The summed E-state index contributed by atoms with van der Waals surface area (Å²) >= 11 is 0. The number of aromatic nitrogens is 2. The van der Waals surface area contributed by atoms with Crippen LogP contribution in [0.3, 0.4) is 0 Å². The number of hydrogen-bond donors (Lipinski definition) is 1. The molecular weight excluding hydrogens is 366 g/mol. The molecule has 27 heavy (non-hydrogen) atoms. The number of likely N-dealkylation sites (tertiary alicyclic amines) is 1. The zero-order chi connectivity index (χ0) is 18.4. The van der Waals surface area contributed by atoms with Gasteiger partial charge in [-0.2, -0.15) is 4.98 Å². The van der Waals surface area contributed by atoms with Crippen molar-refractivity contribution in [3.8, 4) is 0 Å². The minimum atomic E-state index is -0.346. The molecule has 1 aliphatic rings. The van der Waals surface area contributed by atoms with Gasteiger partial charge in [-0.25, -0.2) is 0 Å². The summed E-state index contributed by atoms with van der Waals surface area (Å²) in [6, 6.07) is 11.1. The normalized spacial score (nSPS) is 17.5. The van der Waals surface area contributed by atoms with Gasteiger partial charge in [0.25, 0.3) is 0 Å². The van der Waals surface area contributed by atoms with E-state index in [-0.39, 0.29) is 24.2 Å². The van der Waals surface area contributed by atoms with Crippen molar-refractivity contribution >= 4 is 18.3 Å². The van der Waals surface area contributed by atoms with Crippen LogP contribution in [0.2, 0.25) is 0 Å². The van der Waals surface area contributed by atoms with Gasteiger partial charge in [0.05, 0.1) is 6.54 Å². The fraction of sp³-hybridized carbons (Fsp3) is 0.526. The summed E-state index contributed by atoms with van der Waals surface area (Å²) in [6.45, 7) is 3.66. The molecule has 1 N–H and O–H groups in total. The van der Waals surface area contributed by atoms with Crippen molar-refractivity contribution < 1.29 is 9.32 Å². The molecule has 1 unspecified atom stereocenters. The van der Waals surface area contributed by atoms with Crippen molar-refractivity contribution in [1.29, 1.82) is 0 Å². The molecule has 3 rings (SSSR count). The van der Waals surface area contributed by atoms with Gasteiger partial charge in [0.15, 0.2) is 5.82 Å². The Morgan fingerprint density at radius 3 is 2.89 bits per heavy atom. The Labute approximate surface area is 166 Å². The number of carbonyl (C=O) groups excluding carboxylic acids is 1. The zero-order valence-electron chi connectivity index (χ0n) is 15.9. The van der Waals surface area contributed by atoms with Crippen LogP contribution in [0.15, 0.2) is 34.9 Å². The number of benzene rings is 1. The molecule has 0 saturated carbocycles. The molecule has 148 valence electrons. The summed E-state index contributed by atoms with van der Waals surface area (Å²) in [7, 11) is 3.75. The molecular formula is C19H28ClN5O2. The highest BCUT2D eigenvalue weighted by Crippen LogP contribution is 2.17. The molecule has 8 heteroatoms. The average molecular weight is 394 g/mol. The summed E-state index contributed by atoms with van der Waals surface area (Å²) in [5, 5.41) is 6.42. The van der Waals surface area contributed by atoms with Gasteiger partial charge in [-0.3, -0.25) is 9.69 Å². The van der Waals surface area contributed by atoms with Gasteiger partial charge in [-0.15, -0.1) is 12.4 Å². The van der Waals surface area contributed by atoms with Gasteiger partial charge in [0.1, 0.15) is 0 Å². The number of nitrogens with zero attached hydrogens (tertiary/aromatic N) is 4. The summed E-state index contributed by atoms with van der Waals surface area (Å²) in [6.07, 6.45) is 3.42. The molecule has 0 bridgehead atoms. The zero-order valence-corrected chi connectivity index (χ0v) is 16.7. The molecule has 1 atom stereocenters. The van der Waals surface area contributed by atoms with E-state index >= 15 is 0 Å². The lowest BCUT2D eigenvalue weighted by molar-refractivity contribution is 0.0919. The maximum absolute atomic E-state index is 11.5.